The molecule has 0 saturated heterocycles. The molecule has 0 aliphatic carbocycles. The fraction of sp³-hybridized carbons (Fsp3) is 0.263. The first kappa shape index (κ1) is 17.5. The van der Waals surface area contributed by atoms with Gasteiger partial charge < -0.3 is 14.0 Å². The summed E-state index contributed by atoms with van der Waals surface area (Å²) in [7, 11) is 3.09. The molecule has 0 spiro atoms. The molecule has 130 valence electrons. The van der Waals surface area contributed by atoms with Crippen LogP contribution in [0.15, 0.2) is 53.7 Å². The number of aromatic nitrogens is 2. The van der Waals surface area contributed by atoms with Crippen molar-refractivity contribution < 1.29 is 14.3 Å². The number of thioether (sulfide) groups is 1. The molecule has 0 amide bonds. The van der Waals surface area contributed by atoms with E-state index < -0.39 is 0 Å². The SMILES string of the molecule is COCCn1c(SCc2cccc(C(=O)OC)c2)nc2ccccc21. The van der Waals surface area contributed by atoms with Gasteiger partial charge in [-0.1, -0.05) is 36.0 Å². The lowest BCUT2D eigenvalue weighted by Gasteiger charge is -2.08. The molecule has 0 N–H and O–H groups in total. The van der Waals surface area contributed by atoms with Crippen molar-refractivity contribution >= 4 is 28.8 Å². The summed E-state index contributed by atoms with van der Waals surface area (Å²) in [5.41, 5.74) is 3.70. The van der Waals surface area contributed by atoms with E-state index in [0.717, 1.165) is 34.1 Å². The maximum absolute atomic E-state index is 11.7. The largest absolute Gasteiger partial charge is 0.465 e. The topological polar surface area (TPSA) is 53.4 Å². The molecule has 0 unspecified atom stereocenters. The van der Waals surface area contributed by atoms with Crippen molar-refractivity contribution in [3.63, 3.8) is 0 Å². The van der Waals surface area contributed by atoms with Crippen LogP contribution in [0.1, 0.15) is 15.9 Å². The summed E-state index contributed by atoms with van der Waals surface area (Å²) in [4.78, 5) is 16.4. The van der Waals surface area contributed by atoms with Crippen molar-refractivity contribution in [3.8, 4) is 0 Å². The Morgan fingerprint density at radius 1 is 1.16 bits per heavy atom. The number of methoxy groups -OCH3 is 2. The number of imidazole rings is 1. The van der Waals surface area contributed by atoms with Crippen molar-refractivity contribution in [2.45, 2.75) is 17.5 Å². The van der Waals surface area contributed by atoms with Gasteiger partial charge in [0.05, 0.1) is 30.3 Å². The molecular weight excluding hydrogens is 336 g/mol. The summed E-state index contributed by atoms with van der Waals surface area (Å²) in [6.45, 7) is 1.38. The van der Waals surface area contributed by atoms with E-state index >= 15 is 0 Å². The predicted molar refractivity (Wildman–Crippen MR) is 99.0 cm³/mol. The van der Waals surface area contributed by atoms with Gasteiger partial charge in [-0.15, -0.1) is 0 Å². The van der Waals surface area contributed by atoms with Crippen molar-refractivity contribution in [3.05, 3.63) is 59.7 Å². The van der Waals surface area contributed by atoms with Crippen molar-refractivity contribution in [1.29, 1.82) is 0 Å². The number of fused-ring (bicyclic) bond motifs is 1. The van der Waals surface area contributed by atoms with Crippen molar-refractivity contribution in [2.24, 2.45) is 0 Å². The zero-order chi connectivity index (χ0) is 17.6. The Bertz CT molecular complexity index is 876. The van der Waals surface area contributed by atoms with Crippen LogP contribution in [0.3, 0.4) is 0 Å². The number of benzene rings is 2. The Hall–Kier alpha value is -2.31. The van der Waals surface area contributed by atoms with Crippen LogP contribution in [0.5, 0.6) is 0 Å². The van der Waals surface area contributed by atoms with Crippen LogP contribution < -0.4 is 0 Å². The molecule has 3 rings (SSSR count). The van der Waals surface area contributed by atoms with E-state index in [9.17, 15) is 4.79 Å². The zero-order valence-electron chi connectivity index (χ0n) is 14.3. The molecule has 6 heteroatoms. The lowest BCUT2D eigenvalue weighted by atomic mass is 10.1. The van der Waals surface area contributed by atoms with Crippen LogP contribution in [0.25, 0.3) is 11.0 Å². The number of ether oxygens (including phenoxy) is 2. The molecule has 0 bridgehead atoms. The average molecular weight is 356 g/mol. The first-order valence-corrected chi connectivity index (χ1v) is 8.95. The van der Waals surface area contributed by atoms with E-state index in [-0.39, 0.29) is 5.97 Å². The molecule has 0 aliphatic heterocycles. The molecule has 0 atom stereocenters. The molecule has 3 aromatic rings. The zero-order valence-corrected chi connectivity index (χ0v) is 15.1. The Morgan fingerprint density at radius 3 is 2.80 bits per heavy atom. The van der Waals surface area contributed by atoms with E-state index in [1.165, 1.54) is 7.11 Å². The number of hydrogen-bond donors (Lipinski definition) is 0. The Kier molecular flexibility index (Phi) is 5.73. The Morgan fingerprint density at radius 2 is 2.00 bits per heavy atom. The van der Waals surface area contributed by atoms with Gasteiger partial charge in [0.25, 0.3) is 0 Å². The molecule has 25 heavy (non-hydrogen) atoms. The van der Waals surface area contributed by atoms with Crippen LogP contribution >= 0.6 is 11.8 Å². The minimum atomic E-state index is -0.320. The van der Waals surface area contributed by atoms with Crippen LogP contribution in [-0.2, 0) is 21.8 Å². The van der Waals surface area contributed by atoms with Crippen LogP contribution in [0.4, 0.5) is 0 Å². The van der Waals surface area contributed by atoms with Crippen molar-refractivity contribution in [1.82, 2.24) is 9.55 Å². The minimum Gasteiger partial charge on any atom is -0.465 e. The first-order valence-electron chi connectivity index (χ1n) is 7.97. The predicted octanol–water partition coefficient (Wildman–Crippen LogP) is 3.76. The summed E-state index contributed by atoms with van der Waals surface area (Å²) >= 11 is 1.65. The molecule has 1 aromatic heterocycles. The van der Waals surface area contributed by atoms with Gasteiger partial charge in [0.15, 0.2) is 5.16 Å². The number of hydrogen-bond acceptors (Lipinski definition) is 5. The number of para-hydroxylation sites is 2. The second kappa shape index (κ2) is 8.18. The summed E-state index contributed by atoms with van der Waals surface area (Å²) in [5, 5.41) is 0.946. The molecule has 0 fully saturated rings. The number of rotatable bonds is 7. The highest BCUT2D eigenvalue weighted by Gasteiger charge is 2.12. The number of esters is 1. The minimum absolute atomic E-state index is 0.320. The lowest BCUT2D eigenvalue weighted by Crippen LogP contribution is -2.05. The van der Waals surface area contributed by atoms with E-state index in [4.69, 9.17) is 14.5 Å². The van der Waals surface area contributed by atoms with Gasteiger partial charge >= 0.3 is 5.97 Å². The van der Waals surface area contributed by atoms with Gasteiger partial charge in [-0.3, -0.25) is 0 Å². The molecule has 5 nitrogen and oxygen atoms in total. The van der Waals surface area contributed by atoms with E-state index in [0.29, 0.717) is 12.2 Å². The first-order chi connectivity index (χ1) is 12.2. The average Bonchev–Trinajstić information content (AvgIpc) is 3.01. The normalized spacial score (nSPS) is 11.0. The van der Waals surface area contributed by atoms with Gasteiger partial charge in [-0.25, -0.2) is 9.78 Å². The summed E-state index contributed by atoms with van der Waals surface area (Å²) in [6.07, 6.45) is 0. The highest BCUT2D eigenvalue weighted by molar-refractivity contribution is 7.98. The summed E-state index contributed by atoms with van der Waals surface area (Å²) < 4.78 is 12.2. The van der Waals surface area contributed by atoms with Crippen LogP contribution in [0.2, 0.25) is 0 Å². The van der Waals surface area contributed by atoms with Gasteiger partial charge in [0.1, 0.15) is 0 Å². The van der Waals surface area contributed by atoms with Gasteiger partial charge in [-0.2, -0.15) is 0 Å². The summed E-state index contributed by atoms with van der Waals surface area (Å²) in [6, 6.07) is 15.6. The fourth-order valence-electron chi connectivity index (χ4n) is 2.62. The Balaban J connectivity index is 1.82. The Labute approximate surface area is 151 Å². The van der Waals surface area contributed by atoms with Gasteiger partial charge in [0, 0.05) is 19.4 Å². The molecule has 0 aliphatic rings. The smallest absolute Gasteiger partial charge is 0.337 e. The lowest BCUT2D eigenvalue weighted by molar-refractivity contribution is 0.0600. The maximum Gasteiger partial charge on any atom is 0.337 e. The van der Waals surface area contributed by atoms with Crippen molar-refractivity contribution in [2.75, 3.05) is 20.8 Å². The standard InChI is InChI=1S/C19H20N2O3S/c1-23-11-10-21-17-9-4-3-8-16(17)20-19(21)25-13-14-6-5-7-15(12-14)18(22)24-2/h3-9,12H,10-11,13H2,1-2H3. The second-order valence-corrected chi connectivity index (χ2v) is 6.45. The second-order valence-electron chi connectivity index (χ2n) is 5.51. The number of carbonyl (C=O) groups is 1. The monoisotopic (exact) mass is 356 g/mol. The van der Waals surface area contributed by atoms with E-state index in [2.05, 4.69) is 10.6 Å². The summed E-state index contributed by atoms with van der Waals surface area (Å²) in [5.74, 6) is 0.403. The molecule has 0 radical (unpaired) electrons. The molecule has 0 saturated carbocycles. The fourth-order valence-corrected chi connectivity index (χ4v) is 3.60. The molecular formula is C19H20N2O3S. The van der Waals surface area contributed by atoms with Crippen LogP contribution in [-0.4, -0.2) is 36.3 Å². The molecule has 2 aromatic carbocycles. The maximum atomic E-state index is 11.7. The number of nitrogens with zero attached hydrogens (tertiary/aromatic N) is 2. The highest BCUT2D eigenvalue weighted by Crippen LogP contribution is 2.27. The third-order valence-corrected chi connectivity index (χ3v) is 4.90. The van der Waals surface area contributed by atoms with E-state index in [1.807, 2.05) is 36.4 Å². The number of carbonyl (C=O) groups excluding carboxylic acids is 1. The quantitative estimate of drug-likeness (QED) is 0.476. The van der Waals surface area contributed by atoms with Gasteiger partial charge in [-0.05, 0) is 29.8 Å². The molecule has 1 heterocycles. The van der Waals surface area contributed by atoms with E-state index in [1.54, 1.807) is 24.9 Å². The third kappa shape index (κ3) is 4.03. The van der Waals surface area contributed by atoms with Crippen LogP contribution in [0, 0.1) is 0 Å². The highest BCUT2D eigenvalue weighted by atomic mass is 32.2. The van der Waals surface area contributed by atoms with Gasteiger partial charge in [0.2, 0.25) is 0 Å². The third-order valence-electron chi connectivity index (χ3n) is 3.85.